The van der Waals surface area contributed by atoms with Crippen molar-refractivity contribution in [3.05, 3.63) is 212 Å². The number of rotatable bonds is 50. The summed E-state index contributed by atoms with van der Waals surface area (Å²) < 4.78 is 68.8. The summed E-state index contributed by atoms with van der Waals surface area (Å²) in [6.07, 6.45) is 30.7. The zero-order valence-electron chi connectivity index (χ0n) is 58.8. The Kier molecular flexibility index (Phi) is 33.2. The van der Waals surface area contributed by atoms with Crippen LogP contribution in [0.1, 0.15) is 204 Å². The van der Waals surface area contributed by atoms with E-state index in [4.69, 9.17) is 55.9 Å². The number of benzene rings is 6. The van der Waals surface area contributed by atoms with Crippen LogP contribution in [0.5, 0.6) is 34.5 Å². The Morgan fingerprint density at radius 3 is 0.784 bits per heavy atom. The molecular weight excluding hydrogens is 1300 g/mol. The Balaban J connectivity index is 0.567. The van der Waals surface area contributed by atoms with Crippen molar-refractivity contribution in [2.45, 2.75) is 179 Å². The molecule has 3 aromatic heterocycles. The molecule has 0 aliphatic rings. The van der Waals surface area contributed by atoms with E-state index >= 15 is 0 Å². The van der Waals surface area contributed by atoms with Crippen molar-refractivity contribution >= 4 is 50.8 Å². The largest absolute Gasteiger partial charge is 0.494 e. The topological polar surface area (TPSA) is 225 Å². The summed E-state index contributed by atoms with van der Waals surface area (Å²) in [5.41, 5.74) is 0.853. The van der Waals surface area contributed by atoms with Crippen molar-refractivity contribution in [3.63, 3.8) is 0 Å². The molecule has 0 atom stereocenters. The molecule has 0 unspecified atom stereocenters. The molecule has 6 aromatic carbocycles. The van der Waals surface area contributed by atoms with Gasteiger partial charge in [-0.15, -0.1) is 0 Å². The van der Waals surface area contributed by atoms with Gasteiger partial charge in [0.05, 0.1) is 49.7 Å². The van der Waals surface area contributed by atoms with Gasteiger partial charge in [-0.05, 0) is 166 Å². The first-order valence-electron chi connectivity index (χ1n) is 36.8. The number of hydrogen-bond acceptors (Lipinski definition) is 18. The van der Waals surface area contributed by atoms with E-state index in [0.717, 1.165) is 106 Å². The van der Waals surface area contributed by atoms with E-state index in [9.17, 15) is 28.8 Å². The predicted molar refractivity (Wildman–Crippen MR) is 394 cm³/mol. The van der Waals surface area contributed by atoms with E-state index in [0.29, 0.717) is 108 Å². The maximum atomic E-state index is 12.8. The molecule has 0 N–H and O–H groups in total. The molecule has 9 rings (SSSR count). The zero-order valence-corrected chi connectivity index (χ0v) is 58.8. The van der Waals surface area contributed by atoms with Crippen molar-refractivity contribution in [1.29, 1.82) is 0 Å². The first-order chi connectivity index (χ1) is 50.1. The van der Waals surface area contributed by atoms with Crippen LogP contribution in [-0.2, 0) is 14.2 Å². The third kappa shape index (κ3) is 28.2. The van der Waals surface area contributed by atoms with E-state index in [2.05, 4.69) is 0 Å². The van der Waals surface area contributed by atoms with Crippen molar-refractivity contribution in [3.8, 4) is 34.5 Å². The predicted octanol–water partition coefficient (Wildman–Crippen LogP) is 19.2. The fourth-order valence-electron chi connectivity index (χ4n) is 11.8. The summed E-state index contributed by atoms with van der Waals surface area (Å²) in [5.74, 6) is 1.48. The van der Waals surface area contributed by atoms with Crippen molar-refractivity contribution in [2.24, 2.45) is 0 Å². The second kappa shape index (κ2) is 44.1. The second-order valence-electron chi connectivity index (χ2n) is 25.8. The van der Waals surface area contributed by atoms with Crippen LogP contribution in [0, 0.1) is 0 Å². The molecule has 0 radical (unpaired) electrons. The Morgan fingerprint density at radius 1 is 0.265 bits per heavy atom. The van der Waals surface area contributed by atoms with Gasteiger partial charge in [-0.2, -0.15) is 0 Å². The molecule has 3 heterocycles. The van der Waals surface area contributed by atoms with Crippen LogP contribution in [0.2, 0.25) is 0 Å². The van der Waals surface area contributed by atoms with Gasteiger partial charge < -0.3 is 55.9 Å². The molecule has 0 aliphatic heterocycles. The van der Waals surface area contributed by atoms with Crippen LogP contribution in [0.3, 0.4) is 0 Å². The quantitative estimate of drug-likeness (QED) is 0.0149. The van der Waals surface area contributed by atoms with Gasteiger partial charge in [0.25, 0.3) is 0 Å². The van der Waals surface area contributed by atoms with E-state index in [-0.39, 0.29) is 6.10 Å². The maximum absolute atomic E-state index is 12.8. The van der Waals surface area contributed by atoms with Crippen molar-refractivity contribution < 1.29 is 70.3 Å². The zero-order chi connectivity index (χ0) is 71.0. The van der Waals surface area contributed by atoms with Gasteiger partial charge >= 0.3 is 34.8 Å². The lowest BCUT2D eigenvalue weighted by Crippen LogP contribution is -2.26. The van der Waals surface area contributed by atoms with Gasteiger partial charge in [0, 0.05) is 72.4 Å². The number of hydrogen-bond donors (Lipinski definition) is 0. The summed E-state index contributed by atoms with van der Waals surface area (Å²) in [5, 5.41) is 2.22. The molecule has 9 aromatic rings. The number of carbonyl (C=O) groups excluding carboxylic acids is 3. The summed E-state index contributed by atoms with van der Waals surface area (Å²) in [7, 11) is 0. The average Bonchev–Trinajstić information content (AvgIpc) is 0.841. The number of fused-ring (bicyclic) bond motifs is 3. The number of ether oxygens (including phenoxy) is 9. The second-order valence-corrected chi connectivity index (χ2v) is 25.8. The monoisotopic (exact) mass is 1390 g/mol. The summed E-state index contributed by atoms with van der Waals surface area (Å²) in [6, 6.07) is 44.6. The van der Waals surface area contributed by atoms with Crippen LogP contribution >= 0.6 is 0 Å². The molecular formula is C84H98O18. The molecule has 18 heteroatoms. The van der Waals surface area contributed by atoms with Gasteiger partial charge in [0.1, 0.15) is 57.4 Å². The fourth-order valence-corrected chi connectivity index (χ4v) is 11.8. The minimum absolute atomic E-state index is 0.0794. The first-order valence-corrected chi connectivity index (χ1v) is 36.8. The smallest absolute Gasteiger partial charge is 0.343 e. The Hall–Kier alpha value is -9.36. The van der Waals surface area contributed by atoms with Crippen LogP contribution < -0.4 is 45.3 Å². The van der Waals surface area contributed by atoms with Gasteiger partial charge in [-0.25, -0.2) is 28.8 Å². The normalized spacial score (nSPS) is 11.4. The standard InChI is InChI=1S/C84H98O18/c85-79-49-37-63-28-46-72(58-76(63)100-79)97-82(88)66-31-40-69(41-32-66)93-54-24-18-12-6-1-4-10-16-22-52-91-61-75(96-57-27-21-15-9-3-8-14-20-26-56-95-71-44-35-68(36-45-71)84(90)99-74-48-30-65-39-51-81(87)102-78(65)60-74)62-92-53-23-17-11-5-2-7-13-19-25-55-94-70-42-33-67(34-43-70)83(89)98-73-47-29-64-38-50-80(86)101-77(64)59-73/h28-51,58-60,75H,1-27,52-57,61-62H2. The van der Waals surface area contributed by atoms with Crippen molar-refractivity contribution in [1.82, 2.24) is 0 Å². The van der Waals surface area contributed by atoms with E-state index in [1.54, 1.807) is 127 Å². The minimum Gasteiger partial charge on any atom is -0.494 e. The highest BCUT2D eigenvalue weighted by Crippen LogP contribution is 2.26. The molecule has 0 fully saturated rings. The lowest BCUT2D eigenvalue weighted by atomic mass is 10.1. The first kappa shape index (κ1) is 76.8. The lowest BCUT2D eigenvalue weighted by molar-refractivity contribution is -0.0616. The van der Waals surface area contributed by atoms with E-state index in [1.165, 1.54) is 133 Å². The summed E-state index contributed by atoms with van der Waals surface area (Å²) in [6.45, 7) is 5.10. The highest BCUT2D eigenvalue weighted by Gasteiger charge is 2.16. The third-order valence-corrected chi connectivity index (χ3v) is 17.6. The third-order valence-electron chi connectivity index (χ3n) is 17.6. The van der Waals surface area contributed by atoms with Gasteiger partial charge in [0.15, 0.2) is 0 Å². The van der Waals surface area contributed by atoms with Crippen LogP contribution in [-0.4, -0.2) is 76.9 Å². The molecule has 0 saturated heterocycles. The highest BCUT2D eigenvalue weighted by atomic mass is 16.6. The molecule has 542 valence electrons. The number of esters is 3. The summed E-state index contributed by atoms with van der Waals surface area (Å²) in [4.78, 5) is 73.1. The molecule has 0 spiro atoms. The molecule has 0 bridgehead atoms. The fraction of sp³-hybridized carbons (Fsp3) is 0.429. The van der Waals surface area contributed by atoms with E-state index < -0.39 is 34.8 Å². The number of unbranched alkanes of at least 4 members (excludes halogenated alkanes) is 24. The van der Waals surface area contributed by atoms with Crippen LogP contribution in [0.15, 0.2) is 191 Å². The number of carbonyl (C=O) groups is 3. The molecule has 0 saturated carbocycles. The van der Waals surface area contributed by atoms with Crippen molar-refractivity contribution in [2.75, 3.05) is 52.9 Å². The van der Waals surface area contributed by atoms with Crippen LogP contribution in [0.4, 0.5) is 0 Å². The minimum atomic E-state index is -0.508. The summed E-state index contributed by atoms with van der Waals surface area (Å²) >= 11 is 0. The Morgan fingerprint density at radius 2 is 0.500 bits per heavy atom. The molecule has 0 aliphatic carbocycles. The van der Waals surface area contributed by atoms with Gasteiger partial charge in [-0.3, -0.25) is 0 Å². The SMILES string of the molecule is O=C(Oc1ccc2ccc(=O)oc2c1)c1ccc(OCCCCCCCCCCCOCC(COCCCCCCCCCCCOc2ccc(C(=O)Oc3ccc4ccc(=O)oc4c3)cc2)OCCCCCCCCCCCOc2ccc(C(=O)Oc3ccc4ccc(=O)oc4c3)cc2)cc1. The highest BCUT2D eigenvalue weighted by molar-refractivity contribution is 5.93. The van der Waals surface area contributed by atoms with E-state index in [1.807, 2.05) is 0 Å². The maximum Gasteiger partial charge on any atom is 0.343 e. The van der Waals surface area contributed by atoms with Gasteiger partial charge in [0.2, 0.25) is 0 Å². The van der Waals surface area contributed by atoms with Gasteiger partial charge in [-0.1, -0.05) is 135 Å². The average molecular weight is 1400 g/mol. The van der Waals surface area contributed by atoms with Crippen LogP contribution in [0.25, 0.3) is 32.9 Å². The molecule has 102 heavy (non-hydrogen) atoms. The molecule has 0 amide bonds. The lowest BCUT2D eigenvalue weighted by Gasteiger charge is -2.18. The Bertz CT molecular complexity index is 3960. The molecule has 18 nitrogen and oxygen atoms in total. The Labute approximate surface area is 596 Å².